The third kappa shape index (κ3) is 3.32. The van der Waals surface area contributed by atoms with Crippen LogP contribution in [0.25, 0.3) is 0 Å². The van der Waals surface area contributed by atoms with Crippen LogP contribution in [0.15, 0.2) is 40.9 Å². The summed E-state index contributed by atoms with van der Waals surface area (Å²) in [5, 5.41) is 22.3. The largest absolute Gasteiger partial charge is 0.507 e. The van der Waals surface area contributed by atoms with Crippen molar-refractivity contribution in [3.63, 3.8) is 0 Å². The van der Waals surface area contributed by atoms with Crippen molar-refractivity contribution in [1.82, 2.24) is 0 Å². The second-order valence-corrected chi connectivity index (χ2v) is 4.88. The quantitative estimate of drug-likeness (QED) is 0.806. The van der Waals surface area contributed by atoms with Crippen LogP contribution in [0.3, 0.4) is 0 Å². The fourth-order valence-corrected chi connectivity index (χ4v) is 2.09. The number of nitrogens with one attached hydrogen (secondary N) is 1. The summed E-state index contributed by atoms with van der Waals surface area (Å²) in [6, 6.07) is 10.4. The second kappa shape index (κ2) is 5.84. The summed E-state index contributed by atoms with van der Waals surface area (Å²) >= 11 is 3.27. The molecule has 0 aliphatic heterocycles. The van der Waals surface area contributed by atoms with E-state index in [2.05, 4.69) is 21.2 Å². The fourth-order valence-electron chi connectivity index (χ4n) is 1.66. The molecule has 100 valence electrons. The lowest BCUT2D eigenvalue weighted by Crippen LogP contribution is -1.99. The number of hydrogen-bond donors (Lipinski definition) is 3. The van der Waals surface area contributed by atoms with E-state index >= 15 is 0 Å². The first kappa shape index (κ1) is 13.5. The number of hydrogen-bond acceptors (Lipinski definition) is 4. The van der Waals surface area contributed by atoms with E-state index in [0.29, 0.717) is 16.8 Å². The number of methoxy groups -OCH3 is 1. The average Bonchev–Trinajstić information content (AvgIpc) is 2.40. The lowest BCUT2D eigenvalue weighted by Gasteiger charge is -2.09. The number of aromatic hydroxyl groups is 2. The molecule has 0 spiro atoms. The molecule has 2 aromatic rings. The third-order valence-electron chi connectivity index (χ3n) is 2.69. The van der Waals surface area contributed by atoms with Crippen molar-refractivity contribution in [2.75, 3.05) is 12.4 Å². The highest BCUT2D eigenvalue weighted by molar-refractivity contribution is 9.10. The zero-order valence-corrected chi connectivity index (χ0v) is 11.9. The lowest BCUT2D eigenvalue weighted by atomic mass is 10.2. The number of rotatable bonds is 4. The molecular weight excluding hydrogens is 310 g/mol. The van der Waals surface area contributed by atoms with E-state index in [0.717, 1.165) is 11.3 Å². The summed E-state index contributed by atoms with van der Waals surface area (Å²) in [7, 11) is 1.51. The highest BCUT2D eigenvalue weighted by atomic mass is 79.9. The molecular formula is C14H14BrNO3. The molecule has 19 heavy (non-hydrogen) atoms. The van der Waals surface area contributed by atoms with Gasteiger partial charge in [-0.25, -0.2) is 0 Å². The van der Waals surface area contributed by atoms with Crippen LogP contribution in [0.4, 0.5) is 5.69 Å². The van der Waals surface area contributed by atoms with Gasteiger partial charge in [-0.1, -0.05) is 6.07 Å². The minimum Gasteiger partial charge on any atom is -0.507 e. The van der Waals surface area contributed by atoms with Gasteiger partial charge in [0.25, 0.3) is 0 Å². The van der Waals surface area contributed by atoms with E-state index in [-0.39, 0.29) is 11.5 Å². The van der Waals surface area contributed by atoms with Crippen LogP contribution in [-0.4, -0.2) is 17.3 Å². The third-order valence-corrected chi connectivity index (χ3v) is 3.32. The number of halogens is 1. The van der Waals surface area contributed by atoms with Gasteiger partial charge in [0.1, 0.15) is 5.75 Å². The molecule has 0 radical (unpaired) electrons. The molecule has 0 atom stereocenters. The molecule has 2 rings (SSSR count). The van der Waals surface area contributed by atoms with Crippen LogP contribution in [0, 0.1) is 0 Å². The van der Waals surface area contributed by atoms with Gasteiger partial charge in [0.15, 0.2) is 11.5 Å². The molecule has 0 unspecified atom stereocenters. The summed E-state index contributed by atoms with van der Waals surface area (Å²) in [6.45, 7) is 0.588. The van der Waals surface area contributed by atoms with Gasteiger partial charge in [0.2, 0.25) is 0 Å². The monoisotopic (exact) mass is 323 g/mol. The minimum atomic E-state index is 0.0967. The SMILES string of the molecule is COc1ccc(NCc2ccc(O)c(Br)c2)cc1O. The molecule has 0 aliphatic carbocycles. The molecule has 0 amide bonds. The molecule has 0 bridgehead atoms. The maximum absolute atomic E-state index is 9.66. The van der Waals surface area contributed by atoms with Crippen molar-refractivity contribution in [3.05, 3.63) is 46.4 Å². The van der Waals surface area contributed by atoms with E-state index in [4.69, 9.17) is 4.74 Å². The first-order chi connectivity index (χ1) is 9.10. The summed E-state index contributed by atoms with van der Waals surface area (Å²) in [5.41, 5.74) is 1.81. The van der Waals surface area contributed by atoms with Crippen molar-refractivity contribution >= 4 is 21.6 Å². The van der Waals surface area contributed by atoms with Crippen molar-refractivity contribution in [1.29, 1.82) is 0 Å². The van der Waals surface area contributed by atoms with Gasteiger partial charge in [-0.3, -0.25) is 0 Å². The molecule has 0 aromatic heterocycles. The van der Waals surface area contributed by atoms with Crippen LogP contribution in [-0.2, 0) is 6.54 Å². The second-order valence-electron chi connectivity index (χ2n) is 4.03. The molecule has 0 saturated heterocycles. The smallest absolute Gasteiger partial charge is 0.160 e. The number of phenols is 2. The molecule has 5 heteroatoms. The molecule has 0 saturated carbocycles. The van der Waals surface area contributed by atoms with Gasteiger partial charge in [0.05, 0.1) is 11.6 Å². The Labute approximate surface area is 119 Å². The number of anilines is 1. The molecule has 0 fully saturated rings. The van der Waals surface area contributed by atoms with Crippen molar-refractivity contribution < 1.29 is 14.9 Å². The summed E-state index contributed by atoms with van der Waals surface area (Å²) in [4.78, 5) is 0. The van der Waals surface area contributed by atoms with Crippen LogP contribution in [0.2, 0.25) is 0 Å². The van der Waals surface area contributed by atoms with Gasteiger partial charge in [-0.05, 0) is 45.8 Å². The predicted octanol–water partition coefficient (Wildman–Crippen LogP) is 3.48. The van der Waals surface area contributed by atoms with Crippen LogP contribution in [0.1, 0.15) is 5.56 Å². The molecule has 2 aromatic carbocycles. The molecule has 0 heterocycles. The van der Waals surface area contributed by atoms with Gasteiger partial charge >= 0.3 is 0 Å². The van der Waals surface area contributed by atoms with Crippen LogP contribution < -0.4 is 10.1 Å². The molecule has 3 N–H and O–H groups in total. The Morgan fingerprint density at radius 3 is 2.53 bits per heavy atom. The zero-order chi connectivity index (χ0) is 13.8. The number of benzene rings is 2. The predicted molar refractivity (Wildman–Crippen MR) is 77.8 cm³/mol. The van der Waals surface area contributed by atoms with Crippen LogP contribution in [0.5, 0.6) is 17.2 Å². The van der Waals surface area contributed by atoms with Gasteiger partial charge in [0, 0.05) is 18.3 Å². The maximum Gasteiger partial charge on any atom is 0.160 e. The maximum atomic E-state index is 9.66. The highest BCUT2D eigenvalue weighted by Crippen LogP contribution is 2.29. The van der Waals surface area contributed by atoms with Crippen molar-refractivity contribution in [3.8, 4) is 17.2 Å². The Kier molecular flexibility index (Phi) is 4.16. The van der Waals surface area contributed by atoms with E-state index < -0.39 is 0 Å². The van der Waals surface area contributed by atoms with Gasteiger partial charge in [-0.2, -0.15) is 0 Å². The minimum absolute atomic E-state index is 0.0967. The summed E-state index contributed by atoms with van der Waals surface area (Å²) < 4.78 is 5.64. The van der Waals surface area contributed by atoms with E-state index in [1.165, 1.54) is 7.11 Å². The van der Waals surface area contributed by atoms with E-state index in [9.17, 15) is 10.2 Å². The highest BCUT2D eigenvalue weighted by Gasteiger charge is 2.03. The Bertz CT molecular complexity index is 587. The lowest BCUT2D eigenvalue weighted by molar-refractivity contribution is 0.373. The Morgan fingerprint density at radius 1 is 1.11 bits per heavy atom. The first-order valence-electron chi connectivity index (χ1n) is 5.68. The zero-order valence-electron chi connectivity index (χ0n) is 10.4. The Morgan fingerprint density at radius 2 is 1.89 bits per heavy atom. The average molecular weight is 324 g/mol. The van der Waals surface area contributed by atoms with E-state index in [1.54, 1.807) is 18.2 Å². The van der Waals surface area contributed by atoms with Gasteiger partial charge in [-0.15, -0.1) is 0 Å². The first-order valence-corrected chi connectivity index (χ1v) is 6.47. The Hall–Kier alpha value is -1.88. The number of ether oxygens (including phenoxy) is 1. The standard InChI is InChI=1S/C14H14BrNO3/c1-19-14-5-3-10(7-13(14)18)16-8-9-2-4-12(17)11(15)6-9/h2-7,16-18H,8H2,1H3. The summed E-state index contributed by atoms with van der Waals surface area (Å²) in [5.74, 6) is 0.753. The van der Waals surface area contributed by atoms with Crippen LogP contribution >= 0.6 is 15.9 Å². The normalized spacial score (nSPS) is 10.2. The molecule has 0 aliphatic rings. The topological polar surface area (TPSA) is 61.7 Å². The molecule has 4 nitrogen and oxygen atoms in total. The van der Waals surface area contributed by atoms with Gasteiger partial charge < -0.3 is 20.3 Å². The Balaban J connectivity index is 2.05. The number of phenolic OH excluding ortho intramolecular Hbond substituents is 2. The summed E-state index contributed by atoms with van der Waals surface area (Å²) in [6.07, 6.45) is 0. The van der Waals surface area contributed by atoms with E-state index in [1.807, 2.05) is 18.2 Å². The van der Waals surface area contributed by atoms with Crippen molar-refractivity contribution in [2.24, 2.45) is 0 Å². The van der Waals surface area contributed by atoms with Crippen molar-refractivity contribution in [2.45, 2.75) is 6.54 Å². The fraction of sp³-hybridized carbons (Fsp3) is 0.143.